The minimum absolute atomic E-state index is 0.0883. The Labute approximate surface area is 331 Å². The van der Waals surface area contributed by atoms with Gasteiger partial charge in [0.2, 0.25) is 0 Å². The van der Waals surface area contributed by atoms with Crippen molar-refractivity contribution in [2.45, 2.75) is 19.3 Å². The van der Waals surface area contributed by atoms with Crippen molar-refractivity contribution in [1.29, 1.82) is 0 Å². The van der Waals surface area contributed by atoms with Crippen molar-refractivity contribution in [3.63, 3.8) is 0 Å². The first kappa shape index (κ1) is 32.1. The predicted octanol–water partition coefficient (Wildman–Crippen LogP) is 14.7. The van der Waals surface area contributed by atoms with Crippen molar-refractivity contribution in [2.75, 3.05) is 0 Å². The fourth-order valence-corrected chi connectivity index (χ4v) is 9.87. The molecular weight excluding hydrogens is 689 g/mol. The van der Waals surface area contributed by atoms with Crippen LogP contribution < -0.4 is 0 Å². The Kier molecular flexibility index (Phi) is 6.72. The number of benzene rings is 9. The second-order valence-corrected chi connectivity index (χ2v) is 16.2. The average molecular weight is 727 g/mol. The molecule has 1 aliphatic carbocycles. The summed E-state index contributed by atoms with van der Waals surface area (Å²) in [6.45, 7) is 4.75. The monoisotopic (exact) mass is 726 g/mol. The van der Waals surface area contributed by atoms with E-state index >= 15 is 0 Å². The van der Waals surface area contributed by atoms with Gasteiger partial charge < -0.3 is 9.13 Å². The summed E-state index contributed by atoms with van der Waals surface area (Å²) in [6.07, 6.45) is 0. The lowest BCUT2D eigenvalue weighted by Gasteiger charge is -2.21. The van der Waals surface area contributed by atoms with E-state index in [1.807, 2.05) is 0 Å². The topological polar surface area (TPSA) is 9.86 Å². The Morgan fingerprint density at radius 2 is 0.912 bits per heavy atom. The lowest BCUT2D eigenvalue weighted by molar-refractivity contribution is 0.661. The molecule has 268 valence electrons. The van der Waals surface area contributed by atoms with Crippen molar-refractivity contribution < 1.29 is 0 Å². The zero-order chi connectivity index (χ0) is 37.8. The Morgan fingerprint density at radius 3 is 1.74 bits per heavy atom. The van der Waals surface area contributed by atoms with E-state index in [9.17, 15) is 0 Å². The summed E-state index contributed by atoms with van der Waals surface area (Å²) >= 11 is 0. The van der Waals surface area contributed by atoms with Crippen LogP contribution in [0, 0.1) is 0 Å². The molecule has 12 rings (SSSR count). The molecule has 0 N–H and O–H groups in total. The normalized spacial score (nSPS) is 13.2. The highest BCUT2D eigenvalue weighted by Gasteiger charge is 2.36. The largest absolute Gasteiger partial charge is 0.309 e. The van der Waals surface area contributed by atoms with Crippen molar-refractivity contribution >= 4 is 54.4 Å². The van der Waals surface area contributed by atoms with E-state index in [-0.39, 0.29) is 5.41 Å². The van der Waals surface area contributed by atoms with E-state index in [0.29, 0.717) is 0 Å². The van der Waals surface area contributed by atoms with Gasteiger partial charge >= 0.3 is 0 Å². The second kappa shape index (κ2) is 11.9. The van der Waals surface area contributed by atoms with Gasteiger partial charge in [-0.05, 0) is 122 Å². The van der Waals surface area contributed by atoms with Gasteiger partial charge in [-0.2, -0.15) is 0 Å². The third-order valence-electron chi connectivity index (χ3n) is 12.7. The van der Waals surface area contributed by atoms with Crippen molar-refractivity contribution in [2.24, 2.45) is 0 Å². The molecule has 0 bridgehead atoms. The molecule has 0 saturated carbocycles. The lowest BCUT2D eigenvalue weighted by Crippen LogP contribution is -2.14. The van der Waals surface area contributed by atoms with Gasteiger partial charge in [-0.3, -0.25) is 0 Å². The molecule has 2 heteroatoms. The van der Waals surface area contributed by atoms with E-state index in [1.165, 1.54) is 105 Å². The number of fused-ring (bicyclic) bond motifs is 10. The van der Waals surface area contributed by atoms with Gasteiger partial charge in [0.1, 0.15) is 0 Å². The maximum absolute atomic E-state index is 2.49. The fraction of sp³-hybridized carbons (Fsp3) is 0.0545. The second-order valence-electron chi connectivity index (χ2n) is 16.2. The third kappa shape index (κ3) is 4.71. The summed E-state index contributed by atoms with van der Waals surface area (Å²) in [6, 6.07) is 71.9. The molecule has 0 fully saturated rings. The summed E-state index contributed by atoms with van der Waals surface area (Å²) < 4.78 is 4.90. The molecule has 57 heavy (non-hydrogen) atoms. The SMILES string of the molecule is CC1(C)c2ccccc2-c2cc3c(cc21)c1cc(-c2ccc4c(c2)c2ccccc2n4-c2cccc(-c4ccccc4)c2)ccc1n3-c1ccc2ccccc2c1. The number of nitrogens with zero attached hydrogens (tertiary/aromatic N) is 2. The summed E-state index contributed by atoms with van der Waals surface area (Å²) in [5.41, 5.74) is 17.5. The molecule has 9 aromatic carbocycles. The molecule has 0 atom stereocenters. The van der Waals surface area contributed by atoms with Crippen LogP contribution in [0.25, 0.3) is 99.1 Å². The van der Waals surface area contributed by atoms with Gasteiger partial charge in [-0.25, -0.2) is 0 Å². The minimum atomic E-state index is -0.0883. The number of hydrogen-bond acceptors (Lipinski definition) is 0. The summed E-state index contributed by atoms with van der Waals surface area (Å²) in [4.78, 5) is 0. The Morgan fingerprint density at radius 1 is 0.316 bits per heavy atom. The van der Waals surface area contributed by atoms with Crippen LogP contribution in [-0.4, -0.2) is 9.13 Å². The van der Waals surface area contributed by atoms with Crippen LogP contribution in [-0.2, 0) is 5.41 Å². The average Bonchev–Trinajstić information content (AvgIpc) is 3.85. The van der Waals surface area contributed by atoms with Crippen LogP contribution in [0.4, 0.5) is 0 Å². The molecule has 2 aromatic heterocycles. The highest BCUT2D eigenvalue weighted by atomic mass is 15.0. The maximum atomic E-state index is 2.49. The molecular formula is C55H38N2. The van der Waals surface area contributed by atoms with Gasteiger partial charge in [0, 0.05) is 38.3 Å². The van der Waals surface area contributed by atoms with E-state index in [2.05, 4.69) is 217 Å². The Balaban J connectivity index is 1.07. The van der Waals surface area contributed by atoms with Gasteiger partial charge in [-0.1, -0.05) is 141 Å². The lowest BCUT2D eigenvalue weighted by atomic mass is 9.82. The molecule has 2 heterocycles. The van der Waals surface area contributed by atoms with Crippen LogP contribution in [0.3, 0.4) is 0 Å². The molecule has 0 spiro atoms. The Bertz CT molecular complexity index is 3430. The highest BCUT2D eigenvalue weighted by molar-refractivity contribution is 6.14. The van der Waals surface area contributed by atoms with E-state index in [1.54, 1.807) is 0 Å². The van der Waals surface area contributed by atoms with Crippen LogP contribution >= 0.6 is 0 Å². The van der Waals surface area contributed by atoms with Crippen LogP contribution in [0.2, 0.25) is 0 Å². The fourth-order valence-electron chi connectivity index (χ4n) is 9.87. The summed E-state index contributed by atoms with van der Waals surface area (Å²) in [5, 5.41) is 7.56. The highest BCUT2D eigenvalue weighted by Crippen LogP contribution is 2.51. The van der Waals surface area contributed by atoms with Crippen molar-refractivity contribution in [3.05, 3.63) is 205 Å². The van der Waals surface area contributed by atoms with Crippen molar-refractivity contribution in [1.82, 2.24) is 9.13 Å². The Hall–Kier alpha value is -7.16. The first-order chi connectivity index (χ1) is 28.0. The minimum Gasteiger partial charge on any atom is -0.309 e. The maximum Gasteiger partial charge on any atom is 0.0547 e. The third-order valence-corrected chi connectivity index (χ3v) is 12.7. The zero-order valence-corrected chi connectivity index (χ0v) is 31.9. The predicted molar refractivity (Wildman–Crippen MR) is 241 cm³/mol. The first-order valence-corrected chi connectivity index (χ1v) is 19.9. The molecule has 0 radical (unpaired) electrons. The molecule has 0 amide bonds. The molecule has 0 unspecified atom stereocenters. The van der Waals surface area contributed by atoms with Gasteiger partial charge in [0.15, 0.2) is 0 Å². The van der Waals surface area contributed by atoms with Gasteiger partial charge in [0.25, 0.3) is 0 Å². The number of rotatable bonds is 4. The zero-order valence-electron chi connectivity index (χ0n) is 31.9. The van der Waals surface area contributed by atoms with Gasteiger partial charge in [0.05, 0.1) is 22.1 Å². The molecule has 11 aromatic rings. The molecule has 1 aliphatic rings. The van der Waals surface area contributed by atoms with Crippen LogP contribution in [0.15, 0.2) is 194 Å². The smallest absolute Gasteiger partial charge is 0.0547 e. The number of hydrogen-bond donors (Lipinski definition) is 0. The van der Waals surface area contributed by atoms with Crippen molar-refractivity contribution in [3.8, 4) is 44.8 Å². The molecule has 0 aliphatic heterocycles. The first-order valence-electron chi connectivity index (χ1n) is 19.9. The van der Waals surface area contributed by atoms with Crippen LogP contribution in [0.5, 0.6) is 0 Å². The molecule has 2 nitrogen and oxygen atoms in total. The molecule has 0 saturated heterocycles. The van der Waals surface area contributed by atoms with Gasteiger partial charge in [-0.15, -0.1) is 0 Å². The van der Waals surface area contributed by atoms with Crippen LogP contribution in [0.1, 0.15) is 25.0 Å². The number of aromatic nitrogens is 2. The van der Waals surface area contributed by atoms with E-state index < -0.39 is 0 Å². The van der Waals surface area contributed by atoms with E-state index in [0.717, 1.165) is 5.69 Å². The summed E-state index contributed by atoms with van der Waals surface area (Å²) in [5.74, 6) is 0. The summed E-state index contributed by atoms with van der Waals surface area (Å²) in [7, 11) is 0. The van der Waals surface area contributed by atoms with E-state index in [4.69, 9.17) is 0 Å². The number of para-hydroxylation sites is 1. The quantitative estimate of drug-likeness (QED) is 0.171. The standard InChI is InChI=1S/C55H38N2/c1-55(2)49-21-10-8-19-43(49)45-34-54-48(33-50(45)55)47-32-40(25-28-53(47)57(54)42-26-23-36-15-6-7-16-37(36)30-42)39-24-27-52-46(31-39)44-20-9-11-22-51(44)56(52)41-18-12-17-38(29-41)35-13-4-3-5-14-35/h3-34H,1-2H3.